The third-order valence-corrected chi connectivity index (χ3v) is 7.25. The van der Waals surface area contributed by atoms with Crippen molar-refractivity contribution in [2.75, 3.05) is 0 Å². The molecule has 0 fully saturated rings. The highest BCUT2D eigenvalue weighted by atomic mass is 33.1. The van der Waals surface area contributed by atoms with Crippen LogP contribution in [0.3, 0.4) is 0 Å². The van der Waals surface area contributed by atoms with E-state index < -0.39 is 8.87 Å². The van der Waals surface area contributed by atoms with Gasteiger partial charge in [0.2, 0.25) is 8.87 Å². The minimum Gasteiger partial charge on any atom is -0.212 e. The van der Waals surface area contributed by atoms with Crippen LogP contribution in [-0.4, -0.2) is 8.42 Å². The van der Waals surface area contributed by atoms with E-state index in [1.54, 1.807) is 12.1 Å². The molecule has 0 aliphatic rings. The van der Waals surface area contributed by atoms with Crippen molar-refractivity contribution in [3.63, 3.8) is 0 Å². The van der Waals surface area contributed by atoms with E-state index in [1.165, 1.54) is 0 Å². The van der Waals surface area contributed by atoms with Crippen LogP contribution in [-0.2, 0) is 8.87 Å². The summed E-state index contributed by atoms with van der Waals surface area (Å²) in [6, 6.07) is 26.7. The van der Waals surface area contributed by atoms with Gasteiger partial charge in [0.25, 0.3) is 0 Å². The van der Waals surface area contributed by atoms with Gasteiger partial charge < -0.3 is 0 Å². The molecule has 0 aromatic heterocycles. The first-order valence-corrected chi connectivity index (χ1v) is 10.4. The molecule has 4 aromatic carbocycles. The molecule has 4 rings (SSSR count). The molecule has 0 amide bonds. The van der Waals surface area contributed by atoms with Crippen molar-refractivity contribution in [3.8, 4) is 0 Å². The van der Waals surface area contributed by atoms with Gasteiger partial charge in [-0.3, -0.25) is 0 Å². The zero-order valence-electron chi connectivity index (χ0n) is 12.7. The maximum atomic E-state index is 12.7. The highest BCUT2D eigenvalue weighted by Crippen LogP contribution is 2.33. The van der Waals surface area contributed by atoms with Crippen LogP contribution >= 0.6 is 10.8 Å². The number of benzene rings is 4. The second kappa shape index (κ2) is 5.96. The predicted molar refractivity (Wildman–Crippen MR) is 101 cm³/mol. The average Bonchev–Trinajstić information content (AvgIpc) is 2.61. The summed E-state index contributed by atoms with van der Waals surface area (Å²) in [5, 5.41) is 4.10. The number of hydrogen-bond donors (Lipinski definition) is 0. The molecule has 0 N–H and O–H groups in total. The zero-order valence-corrected chi connectivity index (χ0v) is 14.3. The second-order valence-corrected chi connectivity index (χ2v) is 9.39. The van der Waals surface area contributed by atoms with E-state index in [9.17, 15) is 8.42 Å². The van der Waals surface area contributed by atoms with Crippen molar-refractivity contribution in [2.45, 2.75) is 9.79 Å². The van der Waals surface area contributed by atoms with Crippen LogP contribution in [0.15, 0.2) is 94.7 Å². The Labute approximate surface area is 144 Å². The summed E-state index contributed by atoms with van der Waals surface area (Å²) in [7, 11) is -2.56. The molecule has 0 unspecified atom stereocenters. The van der Waals surface area contributed by atoms with Crippen molar-refractivity contribution >= 4 is 41.2 Å². The molecule has 4 heteroatoms. The summed E-state index contributed by atoms with van der Waals surface area (Å²) in [4.78, 5) is 1.06. The lowest BCUT2D eigenvalue weighted by molar-refractivity contribution is 0.610. The van der Waals surface area contributed by atoms with Crippen LogP contribution in [0.4, 0.5) is 0 Å². The molecule has 2 nitrogen and oxygen atoms in total. The van der Waals surface area contributed by atoms with Crippen LogP contribution in [0.1, 0.15) is 0 Å². The standard InChI is InChI=1S/C20H14O2S2/c21-24(22,20-12-10-16-6-2-4-8-18(16)14-20)23-19-11-9-15-5-1-3-7-17(15)13-19/h1-14H. The smallest absolute Gasteiger partial charge is 0.212 e. The summed E-state index contributed by atoms with van der Waals surface area (Å²) in [6.07, 6.45) is 0. The van der Waals surface area contributed by atoms with Crippen LogP contribution in [0, 0.1) is 0 Å². The number of fused-ring (bicyclic) bond motifs is 2. The summed E-state index contributed by atoms with van der Waals surface area (Å²) in [5.74, 6) is 0. The van der Waals surface area contributed by atoms with Gasteiger partial charge in [0.05, 0.1) is 4.90 Å². The third kappa shape index (κ3) is 2.90. The molecule has 24 heavy (non-hydrogen) atoms. The van der Waals surface area contributed by atoms with Gasteiger partial charge in [-0.2, -0.15) is 0 Å². The number of rotatable bonds is 3. The predicted octanol–water partition coefficient (Wildman–Crippen LogP) is 5.47. The van der Waals surface area contributed by atoms with Crippen LogP contribution in [0.5, 0.6) is 0 Å². The minimum atomic E-state index is -3.46. The van der Waals surface area contributed by atoms with Crippen molar-refractivity contribution in [1.29, 1.82) is 0 Å². The second-order valence-electron chi connectivity index (χ2n) is 5.56. The Bertz CT molecular complexity index is 1150. The molecule has 0 aliphatic heterocycles. The van der Waals surface area contributed by atoms with E-state index in [0.717, 1.165) is 37.2 Å². The van der Waals surface area contributed by atoms with Gasteiger partial charge in [0, 0.05) is 15.7 Å². The van der Waals surface area contributed by atoms with Gasteiger partial charge in [-0.1, -0.05) is 60.7 Å². The quantitative estimate of drug-likeness (QED) is 0.459. The Balaban J connectivity index is 1.72. The van der Waals surface area contributed by atoms with Gasteiger partial charge in [-0.05, 0) is 45.8 Å². The van der Waals surface area contributed by atoms with E-state index in [0.29, 0.717) is 4.90 Å². The van der Waals surface area contributed by atoms with Gasteiger partial charge in [-0.25, -0.2) is 8.42 Å². The first kappa shape index (κ1) is 15.2. The van der Waals surface area contributed by atoms with Crippen LogP contribution in [0.25, 0.3) is 21.5 Å². The number of hydrogen-bond acceptors (Lipinski definition) is 3. The Morgan fingerprint density at radius 1 is 0.583 bits per heavy atom. The fraction of sp³-hybridized carbons (Fsp3) is 0. The van der Waals surface area contributed by atoms with Gasteiger partial charge >= 0.3 is 0 Å². The molecule has 118 valence electrons. The SMILES string of the molecule is O=S(=O)(Sc1ccc2ccccc2c1)c1ccc2ccccc2c1. The van der Waals surface area contributed by atoms with E-state index in [1.807, 2.05) is 72.8 Å². The Hall–Kier alpha value is -2.30. The molecule has 4 aromatic rings. The van der Waals surface area contributed by atoms with Gasteiger partial charge in [0.1, 0.15) is 0 Å². The Kier molecular flexibility index (Phi) is 3.79. The van der Waals surface area contributed by atoms with Gasteiger partial charge in [0.15, 0.2) is 0 Å². The van der Waals surface area contributed by atoms with Crippen LogP contribution in [0.2, 0.25) is 0 Å². The third-order valence-electron chi connectivity index (χ3n) is 3.94. The summed E-state index contributed by atoms with van der Waals surface area (Å²) >= 11 is 0. The molecular weight excluding hydrogens is 336 g/mol. The van der Waals surface area contributed by atoms with Crippen molar-refractivity contribution in [2.24, 2.45) is 0 Å². The molecule has 0 heterocycles. The van der Waals surface area contributed by atoms with E-state index in [4.69, 9.17) is 0 Å². The molecule has 0 saturated carbocycles. The van der Waals surface area contributed by atoms with E-state index in [2.05, 4.69) is 0 Å². The average molecular weight is 350 g/mol. The Morgan fingerprint density at radius 3 is 1.79 bits per heavy atom. The molecule has 0 radical (unpaired) electrons. The van der Waals surface area contributed by atoms with Gasteiger partial charge in [-0.15, -0.1) is 0 Å². The first-order chi connectivity index (χ1) is 11.6. The van der Waals surface area contributed by atoms with Crippen LogP contribution < -0.4 is 0 Å². The normalized spacial score (nSPS) is 11.8. The largest absolute Gasteiger partial charge is 0.234 e. The molecule has 0 spiro atoms. The van der Waals surface area contributed by atoms with E-state index >= 15 is 0 Å². The first-order valence-electron chi connectivity index (χ1n) is 7.54. The monoisotopic (exact) mass is 350 g/mol. The molecule has 0 atom stereocenters. The molecule has 0 saturated heterocycles. The maximum Gasteiger partial charge on any atom is 0.234 e. The van der Waals surface area contributed by atoms with Crippen molar-refractivity contribution in [3.05, 3.63) is 84.9 Å². The van der Waals surface area contributed by atoms with Crippen molar-refractivity contribution in [1.82, 2.24) is 0 Å². The highest BCUT2D eigenvalue weighted by Gasteiger charge is 2.17. The summed E-state index contributed by atoms with van der Waals surface area (Å²) in [5.41, 5.74) is 0. The Morgan fingerprint density at radius 2 is 1.12 bits per heavy atom. The topological polar surface area (TPSA) is 34.1 Å². The minimum absolute atomic E-state index is 0.333. The zero-order chi connectivity index (χ0) is 16.6. The van der Waals surface area contributed by atoms with Crippen molar-refractivity contribution < 1.29 is 8.42 Å². The lowest BCUT2D eigenvalue weighted by Gasteiger charge is -2.06. The molecule has 0 bridgehead atoms. The maximum absolute atomic E-state index is 12.7. The highest BCUT2D eigenvalue weighted by molar-refractivity contribution is 8.72. The molecule has 0 aliphatic carbocycles. The fourth-order valence-electron chi connectivity index (χ4n) is 2.72. The fourth-order valence-corrected chi connectivity index (χ4v) is 5.54. The molecular formula is C20H14O2S2. The lowest BCUT2D eigenvalue weighted by atomic mass is 10.1. The summed E-state index contributed by atoms with van der Waals surface area (Å²) < 4.78 is 25.5. The van der Waals surface area contributed by atoms with E-state index in [-0.39, 0.29) is 0 Å². The summed E-state index contributed by atoms with van der Waals surface area (Å²) in [6.45, 7) is 0. The lowest BCUT2D eigenvalue weighted by Crippen LogP contribution is -1.95.